The van der Waals surface area contributed by atoms with Gasteiger partial charge in [-0.3, -0.25) is 0 Å². The molecule has 4 heteroatoms. The fourth-order valence-corrected chi connectivity index (χ4v) is 11.6. The number of allylic oxidation sites excluding steroid dienone is 4. The van der Waals surface area contributed by atoms with Crippen molar-refractivity contribution in [2.24, 2.45) is 0 Å². The highest BCUT2D eigenvalue weighted by atomic mass is 15.0. The summed E-state index contributed by atoms with van der Waals surface area (Å²) < 4.78 is 2.53. The summed E-state index contributed by atoms with van der Waals surface area (Å²) in [6, 6.07) is 75.0. The van der Waals surface area contributed by atoms with Crippen LogP contribution in [0.5, 0.6) is 0 Å². The zero-order chi connectivity index (χ0) is 43.3. The van der Waals surface area contributed by atoms with Crippen LogP contribution in [-0.2, 0) is 5.41 Å². The second-order valence-corrected chi connectivity index (χ2v) is 17.7. The molecule has 1 atom stereocenters. The van der Waals surface area contributed by atoms with Crippen molar-refractivity contribution in [3.05, 3.63) is 246 Å². The predicted molar refractivity (Wildman–Crippen MR) is 270 cm³/mol. The van der Waals surface area contributed by atoms with Crippen molar-refractivity contribution in [3.8, 4) is 62.1 Å². The van der Waals surface area contributed by atoms with E-state index in [2.05, 4.69) is 187 Å². The molecule has 0 radical (unpaired) electrons. The minimum Gasteiger partial charge on any atom is -0.309 e. The molecule has 0 saturated heterocycles. The first-order valence-electron chi connectivity index (χ1n) is 22.9. The highest BCUT2D eigenvalue weighted by Gasteiger charge is 2.51. The van der Waals surface area contributed by atoms with Gasteiger partial charge in [0.1, 0.15) is 0 Å². The van der Waals surface area contributed by atoms with Gasteiger partial charge in [-0.25, -0.2) is 15.0 Å². The Morgan fingerprint density at radius 2 is 1.02 bits per heavy atom. The molecular formula is C62H40N4. The molecule has 3 heterocycles. The zero-order valence-corrected chi connectivity index (χ0v) is 36.0. The van der Waals surface area contributed by atoms with Crippen LogP contribution < -0.4 is 0 Å². The number of rotatable bonds is 5. The second-order valence-electron chi connectivity index (χ2n) is 17.7. The van der Waals surface area contributed by atoms with Gasteiger partial charge in [-0.05, 0) is 97.5 Å². The normalized spacial score (nSPS) is 15.7. The Kier molecular flexibility index (Phi) is 7.99. The van der Waals surface area contributed by atoms with Crippen molar-refractivity contribution in [1.29, 1.82) is 0 Å². The van der Waals surface area contributed by atoms with Crippen LogP contribution in [0.15, 0.2) is 224 Å². The molecule has 0 N–H and O–H groups in total. The van der Waals surface area contributed by atoms with E-state index >= 15 is 0 Å². The van der Waals surface area contributed by atoms with Gasteiger partial charge < -0.3 is 4.57 Å². The van der Waals surface area contributed by atoms with Gasteiger partial charge >= 0.3 is 0 Å². The summed E-state index contributed by atoms with van der Waals surface area (Å²) in [6.07, 6.45) is 6.91. The van der Waals surface area contributed by atoms with Crippen molar-refractivity contribution >= 4 is 38.2 Å². The number of fused-ring (bicyclic) bond motifs is 12. The summed E-state index contributed by atoms with van der Waals surface area (Å²) in [5.41, 5.74) is 19.2. The highest BCUT2D eigenvalue weighted by Crippen LogP contribution is 2.62. The monoisotopic (exact) mass is 840 g/mol. The van der Waals surface area contributed by atoms with E-state index < -0.39 is 5.41 Å². The maximum Gasteiger partial charge on any atom is 0.164 e. The molecule has 0 bridgehead atoms. The van der Waals surface area contributed by atoms with Crippen LogP contribution in [0.1, 0.15) is 35.1 Å². The van der Waals surface area contributed by atoms with Gasteiger partial charge in [0.25, 0.3) is 0 Å². The summed E-state index contributed by atoms with van der Waals surface area (Å²) in [6.45, 7) is 0. The summed E-state index contributed by atoms with van der Waals surface area (Å²) in [5.74, 6) is 1.95. The highest BCUT2D eigenvalue weighted by molar-refractivity contribution is 6.13. The Labute approximate surface area is 382 Å². The van der Waals surface area contributed by atoms with E-state index in [1.54, 1.807) is 0 Å². The number of hydrogen-bond acceptors (Lipinski definition) is 3. The summed E-state index contributed by atoms with van der Waals surface area (Å²) in [5, 5.41) is 5.01. The smallest absolute Gasteiger partial charge is 0.164 e. The summed E-state index contributed by atoms with van der Waals surface area (Å²) in [4.78, 5) is 15.0. The molecule has 66 heavy (non-hydrogen) atoms. The number of nitrogens with zero attached hydrogens (tertiary/aromatic N) is 4. The molecule has 0 fully saturated rings. The molecular weight excluding hydrogens is 801 g/mol. The summed E-state index contributed by atoms with van der Waals surface area (Å²) in [7, 11) is 0. The topological polar surface area (TPSA) is 43.6 Å². The Hall–Kier alpha value is -8.47. The molecule has 9 aromatic carbocycles. The minimum atomic E-state index is -0.488. The fourth-order valence-electron chi connectivity index (χ4n) is 11.6. The molecule has 308 valence electrons. The van der Waals surface area contributed by atoms with Crippen LogP contribution in [0, 0.1) is 0 Å². The molecule has 3 aliphatic rings. The Morgan fingerprint density at radius 1 is 0.424 bits per heavy atom. The van der Waals surface area contributed by atoms with Crippen molar-refractivity contribution in [2.75, 3.05) is 0 Å². The van der Waals surface area contributed by atoms with Gasteiger partial charge in [0.2, 0.25) is 0 Å². The van der Waals surface area contributed by atoms with Crippen LogP contribution in [0.25, 0.3) is 100 Å². The van der Waals surface area contributed by atoms with Crippen LogP contribution in [0.3, 0.4) is 0 Å². The number of para-hydroxylation sites is 3. The first-order chi connectivity index (χ1) is 32.7. The van der Waals surface area contributed by atoms with Gasteiger partial charge in [0.15, 0.2) is 17.5 Å². The molecule has 0 saturated carbocycles. The lowest BCUT2D eigenvalue weighted by molar-refractivity contribution is 0.738. The van der Waals surface area contributed by atoms with Crippen LogP contribution >= 0.6 is 0 Å². The third kappa shape index (κ3) is 5.24. The van der Waals surface area contributed by atoms with Gasteiger partial charge in [0, 0.05) is 27.5 Å². The molecule has 2 aromatic heterocycles. The van der Waals surface area contributed by atoms with Crippen molar-refractivity contribution < 1.29 is 0 Å². The summed E-state index contributed by atoms with van der Waals surface area (Å²) >= 11 is 0. The second kappa shape index (κ2) is 14.3. The standard InChI is InChI=1S/C62H40N4/c1-3-17-41(18-4-1)59-63-60(42-19-5-2-6-20-42)65-61(64-59)43-32-30-40(31-33-43)57-45-21-8-7-16-39(45)34-36-46(57)44-35-37-48-47-22-9-11-25-51(47)62(54(48)38-44)52-26-12-14-29-56(52)66-55-28-13-10-23-49(55)50-24-15-27-53(62)58(50)66/h1-8,10-21,23-38H,9,22H2. The van der Waals surface area contributed by atoms with E-state index in [1.807, 2.05) is 36.4 Å². The van der Waals surface area contributed by atoms with E-state index in [1.165, 1.54) is 88.4 Å². The molecule has 1 aliphatic heterocycles. The molecule has 1 spiro atoms. The van der Waals surface area contributed by atoms with E-state index in [4.69, 9.17) is 15.0 Å². The van der Waals surface area contributed by atoms with Crippen molar-refractivity contribution in [3.63, 3.8) is 0 Å². The lowest BCUT2D eigenvalue weighted by atomic mass is 9.64. The minimum absolute atomic E-state index is 0.488. The van der Waals surface area contributed by atoms with Crippen LogP contribution in [-0.4, -0.2) is 19.5 Å². The lowest BCUT2D eigenvalue weighted by Crippen LogP contribution is -2.34. The van der Waals surface area contributed by atoms with Gasteiger partial charge in [-0.1, -0.05) is 200 Å². The van der Waals surface area contributed by atoms with Crippen molar-refractivity contribution in [2.45, 2.75) is 18.3 Å². The predicted octanol–water partition coefficient (Wildman–Crippen LogP) is 15.2. The third-order valence-electron chi connectivity index (χ3n) is 14.3. The number of aromatic nitrogens is 4. The van der Waals surface area contributed by atoms with Gasteiger partial charge in [-0.15, -0.1) is 0 Å². The SMILES string of the molecule is C1=CC2=C(CC1)c1ccc(-c3ccc4ccccc4c3-c3ccc(-c4nc(-c5ccccc5)nc(-c5ccccc5)n4)cc3)cc1C21c2ccccc2-n2c3ccccc3c3cccc1c32. The molecule has 4 nitrogen and oxygen atoms in total. The Morgan fingerprint density at radius 3 is 1.79 bits per heavy atom. The third-order valence-corrected chi connectivity index (χ3v) is 14.3. The first kappa shape index (κ1) is 37.0. The van der Waals surface area contributed by atoms with E-state index in [0.29, 0.717) is 17.5 Å². The molecule has 2 aliphatic carbocycles. The van der Waals surface area contributed by atoms with E-state index in [9.17, 15) is 0 Å². The Bertz CT molecular complexity index is 3800. The fraction of sp³-hybridized carbons (Fsp3) is 0.0484. The van der Waals surface area contributed by atoms with Crippen molar-refractivity contribution in [1.82, 2.24) is 19.5 Å². The quantitative estimate of drug-likeness (QED) is 0.173. The Balaban J connectivity index is 0.967. The van der Waals surface area contributed by atoms with Crippen LogP contribution in [0.4, 0.5) is 0 Å². The molecule has 14 rings (SSSR count). The largest absolute Gasteiger partial charge is 0.309 e. The molecule has 1 unspecified atom stereocenters. The van der Waals surface area contributed by atoms with Gasteiger partial charge in [-0.2, -0.15) is 0 Å². The molecule has 0 amide bonds. The number of hydrogen-bond donors (Lipinski definition) is 0. The van der Waals surface area contributed by atoms with Gasteiger partial charge in [0.05, 0.1) is 22.1 Å². The van der Waals surface area contributed by atoms with E-state index in [0.717, 1.165) is 35.1 Å². The first-order valence-corrected chi connectivity index (χ1v) is 22.9. The van der Waals surface area contributed by atoms with Crippen LogP contribution in [0.2, 0.25) is 0 Å². The average molecular weight is 841 g/mol. The molecule has 11 aromatic rings. The average Bonchev–Trinajstić information content (AvgIpc) is 3.89. The number of benzene rings is 9. The zero-order valence-electron chi connectivity index (χ0n) is 36.0. The van der Waals surface area contributed by atoms with E-state index in [-0.39, 0.29) is 0 Å². The maximum atomic E-state index is 5.05. The maximum absolute atomic E-state index is 5.05. The lowest BCUT2D eigenvalue weighted by Gasteiger charge is -2.40.